The standard InChI is InChI=1S/C24H30N2O2/c1-3-19-9-4-5-10-22(19)26-24(28)21-13-11-20(12-14-21)23(27)25-16-18-8-6-7-17(2)15-18/h4-10,15,20-21H,3,11-14,16H2,1-2H3,(H,25,27)(H,26,28). The quantitative estimate of drug-likeness (QED) is 0.771. The largest absolute Gasteiger partial charge is 0.352 e. The van der Waals surface area contributed by atoms with Crippen molar-refractivity contribution >= 4 is 17.5 Å². The number of para-hydroxylation sites is 1. The molecule has 0 spiro atoms. The summed E-state index contributed by atoms with van der Waals surface area (Å²) >= 11 is 0. The first-order valence-corrected chi connectivity index (χ1v) is 10.3. The molecule has 0 saturated heterocycles. The molecule has 1 aliphatic carbocycles. The van der Waals surface area contributed by atoms with Crippen LogP contribution >= 0.6 is 0 Å². The van der Waals surface area contributed by atoms with Crippen molar-refractivity contribution in [3.8, 4) is 0 Å². The molecule has 4 heteroatoms. The molecule has 2 aromatic rings. The van der Waals surface area contributed by atoms with Crippen molar-refractivity contribution in [3.05, 3.63) is 65.2 Å². The van der Waals surface area contributed by atoms with Gasteiger partial charge in [0.2, 0.25) is 11.8 Å². The fourth-order valence-electron chi connectivity index (χ4n) is 3.96. The Bertz CT molecular complexity index is 823. The van der Waals surface area contributed by atoms with E-state index in [2.05, 4.69) is 36.6 Å². The van der Waals surface area contributed by atoms with E-state index in [0.29, 0.717) is 6.54 Å². The van der Waals surface area contributed by atoms with Gasteiger partial charge in [-0.1, -0.05) is 55.0 Å². The zero-order chi connectivity index (χ0) is 19.9. The molecular formula is C24H30N2O2. The van der Waals surface area contributed by atoms with E-state index in [4.69, 9.17) is 0 Å². The van der Waals surface area contributed by atoms with Crippen molar-refractivity contribution in [2.24, 2.45) is 11.8 Å². The lowest BCUT2D eigenvalue weighted by Crippen LogP contribution is -2.35. The normalized spacial score (nSPS) is 19.1. The Morgan fingerprint density at radius 3 is 2.29 bits per heavy atom. The number of carbonyl (C=O) groups is 2. The number of benzene rings is 2. The number of anilines is 1. The van der Waals surface area contributed by atoms with Crippen molar-refractivity contribution in [1.29, 1.82) is 0 Å². The van der Waals surface area contributed by atoms with Crippen molar-refractivity contribution in [2.75, 3.05) is 5.32 Å². The maximum Gasteiger partial charge on any atom is 0.227 e. The van der Waals surface area contributed by atoms with E-state index in [1.165, 1.54) is 5.56 Å². The van der Waals surface area contributed by atoms with Gasteiger partial charge in [-0.15, -0.1) is 0 Å². The average Bonchev–Trinajstić information content (AvgIpc) is 2.72. The van der Waals surface area contributed by atoms with Crippen molar-refractivity contribution in [1.82, 2.24) is 5.32 Å². The fraction of sp³-hybridized carbons (Fsp3) is 0.417. The monoisotopic (exact) mass is 378 g/mol. The summed E-state index contributed by atoms with van der Waals surface area (Å²) in [5.41, 5.74) is 4.38. The molecule has 0 aromatic heterocycles. The van der Waals surface area contributed by atoms with Crippen molar-refractivity contribution in [2.45, 2.75) is 52.5 Å². The van der Waals surface area contributed by atoms with Crippen LogP contribution in [0.3, 0.4) is 0 Å². The molecule has 0 aliphatic heterocycles. The van der Waals surface area contributed by atoms with Crippen LogP contribution in [-0.4, -0.2) is 11.8 Å². The van der Waals surface area contributed by atoms with Crippen LogP contribution in [-0.2, 0) is 22.6 Å². The molecule has 2 amide bonds. The van der Waals surface area contributed by atoms with Gasteiger partial charge in [-0.3, -0.25) is 9.59 Å². The third-order valence-corrected chi connectivity index (χ3v) is 5.67. The summed E-state index contributed by atoms with van der Waals surface area (Å²) in [7, 11) is 0. The number of aryl methyl sites for hydroxylation is 2. The van der Waals surface area contributed by atoms with Gasteiger partial charge in [-0.05, 0) is 56.2 Å². The van der Waals surface area contributed by atoms with E-state index in [-0.39, 0.29) is 23.7 Å². The summed E-state index contributed by atoms with van der Waals surface area (Å²) in [5.74, 6) is 0.193. The Labute approximate surface area is 167 Å². The molecule has 0 heterocycles. The Morgan fingerprint density at radius 1 is 0.929 bits per heavy atom. The van der Waals surface area contributed by atoms with E-state index in [1.807, 2.05) is 36.4 Å². The highest BCUT2D eigenvalue weighted by Crippen LogP contribution is 2.30. The first kappa shape index (κ1) is 20.1. The lowest BCUT2D eigenvalue weighted by molar-refractivity contribution is -0.128. The van der Waals surface area contributed by atoms with E-state index in [1.54, 1.807) is 0 Å². The molecule has 148 valence electrons. The Hall–Kier alpha value is -2.62. The minimum atomic E-state index is -0.00858. The molecule has 1 aliphatic rings. The fourth-order valence-corrected chi connectivity index (χ4v) is 3.96. The molecule has 28 heavy (non-hydrogen) atoms. The van der Waals surface area contributed by atoms with Crippen LogP contribution in [0.15, 0.2) is 48.5 Å². The molecule has 0 atom stereocenters. The van der Waals surface area contributed by atoms with Crippen molar-refractivity contribution in [3.63, 3.8) is 0 Å². The third-order valence-electron chi connectivity index (χ3n) is 5.67. The number of carbonyl (C=O) groups excluding carboxylic acids is 2. The SMILES string of the molecule is CCc1ccccc1NC(=O)C1CCC(C(=O)NCc2cccc(C)c2)CC1. The Kier molecular flexibility index (Phi) is 6.85. The second-order valence-electron chi connectivity index (χ2n) is 7.76. The smallest absolute Gasteiger partial charge is 0.227 e. The summed E-state index contributed by atoms with van der Waals surface area (Å²) in [6, 6.07) is 16.1. The number of amides is 2. The van der Waals surface area contributed by atoms with E-state index in [9.17, 15) is 9.59 Å². The summed E-state index contributed by atoms with van der Waals surface area (Å²) in [4.78, 5) is 25.1. The molecule has 1 saturated carbocycles. The Balaban J connectivity index is 1.47. The highest BCUT2D eigenvalue weighted by molar-refractivity contribution is 5.93. The maximum absolute atomic E-state index is 12.6. The van der Waals surface area contributed by atoms with E-state index in [0.717, 1.165) is 48.9 Å². The molecular weight excluding hydrogens is 348 g/mol. The minimum absolute atomic E-state index is 0.00858. The zero-order valence-corrected chi connectivity index (χ0v) is 16.8. The van der Waals surface area contributed by atoms with Crippen LogP contribution in [0.25, 0.3) is 0 Å². The molecule has 0 unspecified atom stereocenters. The summed E-state index contributed by atoms with van der Waals surface area (Å²) in [6.07, 6.45) is 3.97. The third kappa shape index (κ3) is 5.22. The predicted molar refractivity (Wildman–Crippen MR) is 113 cm³/mol. The second-order valence-corrected chi connectivity index (χ2v) is 7.76. The number of hydrogen-bond donors (Lipinski definition) is 2. The maximum atomic E-state index is 12.6. The molecule has 0 radical (unpaired) electrons. The van der Waals surface area contributed by atoms with Gasteiger partial charge in [0, 0.05) is 24.1 Å². The van der Waals surface area contributed by atoms with Crippen LogP contribution in [0, 0.1) is 18.8 Å². The Morgan fingerprint density at radius 2 is 1.61 bits per heavy atom. The molecule has 0 bridgehead atoms. The number of nitrogens with one attached hydrogen (secondary N) is 2. The predicted octanol–water partition coefficient (Wildman–Crippen LogP) is 4.62. The van der Waals surface area contributed by atoms with Gasteiger partial charge in [0.25, 0.3) is 0 Å². The molecule has 2 N–H and O–H groups in total. The van der Waals surface area contributed by atoms with Gasteiger partial charge < -0.3 is 10.6 Å². The number of hydrogen-bond acceptors (Lipinski definition) is 2. The van der Waals surface area contributed by atoms with Crippen LogP contribution in [0.4, 0.5) is 5.69 Å². The highest BCUT2D eigenvalue weighted by atomic mass is 16.2. The van der Waals surface area contributed by atoms with Crippen LogP contribution in [0.2, 0.25) is 0 Å². The van der Waals surface area contributed by atoms with E-state index < -0.39 is 0 Å². The van der Waals surface area contributed by atoms with Gasteiger partial charge in [0.1, 0.15) is 0 Å². The molecule has 4 nitrogen and oxygen atoms in total. The van der Waals surface area contributed by atoms with E-state index >= 15 is 0 Å². The van der Waals surface area contributed by atoms with Crippen LogP contribution in [0.1, 0.15) is 49.3 Å². The van der Waals surface area contributed by atoms with Crippen molar-refractivity contribution < 1.29 is 9.59 Å². The topological polar surface area (TPSA) is 58.2 Å². The van der Waals surface area contributed by atoms with Gasteiger partial charge in [0.05, 0.1) is 0 Å². The van der Waals surface area contributed by atoms with Crippen LogP contribution in [0.5, 0.6) is 0 Å². The summed E-state index contributed by atoms with van der Waals surface area (Å²) in [6.45, 7) is 4.71. The summed E-state index contributed by atoms with van der Waals surface area (Å²) < 4.78 is 0. The average molecular weight is 379 g/mol. The first-order valence-electron chi connectivity index (χ1n) is 10.3. The lowest BCUT2D eigenvalue weighted by atomic mass is 9.81. The van der Waals surface area contributed by atoms with Gasteiger partial charge in [0.15, 0.2) is 0 Å². The van der Waals surface area contributed by atoms with Crippen LogP contribution < -0.4 is 10.6 Å². The van der Waals surface area contributed by atoms with Gasteiger partial charge in [-0.25, -0.2) is 0 Å². The van der Waals surface area contributed by atoms with Gasteiger partial charge >= 0.3 is 0 Å². The lowest BCUT2D eigenvalue weighted by Gasteiger charge is -2.27. The molecule has 3 rings (SSSR count). The second kappa shape index (κ2) is 9.54. The minimum Gasteiger partial charge on any atom is -0.352 e. The first-order chi connectivity index (χ1) is 13.6. The summed E-state index contributed by atoms with van der Waals surface area (Å²) in [5, 5.41) is 6.14. The molecule has 1 fully saturated rings. The van der Waals surface area contributed by atoms with Gasteiger partial charge in [-0.2, -0.15) is 0 Å². The number of rotatable bonds is 6. The zero-order valence-electron chi connectivity index (χ0n) is 16.8. The highest BCUT2D eigenvalue weighted by Gasteiger charge is 2.30. The molecule has 2 aromatic carbocycles.